The molecule has 0 bridgehead atoms. The molecule has 140 valence electrons. The third kappa shape index (κ3) is 3.30. The molecule has 2 heterocycles. The Kier molecular flexibility index (Phi) is 4.38. The molecule has 26 heavy (non-hydrogen) atoms. The lowest BCUT2D eigenvalue weighted by Crippen LogP contribution is -2.51. The zero-order chi connectivity index (χ0) is 18.3. The summed E-state index contributed by atoms with van der Waals surface area (Å²) in [6.45, 7) is 2.75. The molecule has 0 N–H and O–H groups in total. The van der Waals surface area contributed by atoms with E-state index < -0.39 is 10.0 Å². The molecule has 2 amide bonds. The molecule has 2 aliphatic heterocycles. The van der Waals surface area contributed by atoms with Gasteiger partial charge in [0.1, 0.15) is 0 Å². The summed E-state index contributed by atoms with van der Waals surface area (Å²) in [4.78, 5) is 28.4. The highest BCUT2D eigenvalue weighted by atomic mass is 32.2. The molecule has 1 aromatic carbocycles. The van der Waals surface area contributed by atoms with Gasteiger partial charge in [-0.1, -0.05) is 0 Å². The van der Waals surface area contributed by atoms with Gasteiger partial charge in [0.05, 0.1) is 11.4 Å². The number of sulfonamides is 1. The summed E-state index contributed by atoms with van der Waals surface area (Å²) < 4.78 is 25.4. The Morgan fingerprint density at radius 1 is 0.885 bits per heavy atom. The summed E-state index contributed by atoms with van der Waals surface area (Å²) >= 11 is 0. The van der Waals surface area contributed by atoms with Gasteiger partial charge in [-0.25, -0.2) is 8.42 Å². The van der Waals surface area contributed by atoms with Crippen LogP contribution in [0.15, 0.2) is 24.3 Å². The number of rotatable bonds is 3. The van der Waals surface area contributed by atoms with Crippen LogP contribution in [0.4, 0.5) is 5.69 Å². The normalized spacial score (nSPS) is 22.5. The fourth-order valence-electron chi connectivity index (χ4n) is 3.60. The van der Waals surface area contributed by atoms with Gasteiger partial charge in [0.15, 0.2) is 0 Å². The number of nitrogens with zero attached hydrogens (tertiary/aromatic N) is 3. The van der Waals surface area contributed by atoms with E-state index in [4.69, 9.17) is 0 Å². The number of carbonyl (C=O) groups excluding carboxylic acids is 2. The summed E-state index contributed by atoms with van der Waals surface area (Å²) in [5.41, 5.74) is 1.16. The van der Waals surface area contributed by atoms with Crippen LogP contribution in [0.5, 0.6) is 0 Å². The van der Waals surface area contributed by atoms with Gasteiger partial charge in [-0.15, -0.1) is 0 Å². The Labute approximate surface area is 153 Å². The number of piperazine rings is 1. The zero-order valence-electron chi connectivity index (χ0n) is 14.6. The molecule has 2 saturated heterocycles. The van der Waals surface area contributed by atoms with Crippen LogP contribution >= 0.6 is 0 Å². The van der Waals surface area contributed by atoms with Crippen LogP contribution in [0, 0.1) is 5.92 Å². The summed E-state index contributed by atoms with van der Waals surface area (Å²) in [7, 11) is -3.21. The molecule has 1 aromatic rings. The second kappa shape index (κ2) is 6.57. The van der Waals surface area contributed by atoms with E-state index in [1.165, 1.54) is 4.31 Å². The largest absolute Gasteiger partial charge is 0.339 e. The van der Waals surface area contributed by atoms with Crippen LogP contribution in [-0.4, -0.2) is 68.5 Å². The third-order valence-electron chi connectivity index (χ3n) is 5.31. The first-order valence-corrected chi connectivity index (χ1v) is 10.8. The average Bonchev–Trinajstić information content (AvgIpc) is 3.44. The van der Waals surface area contributed by atoms with Crippen molar-refractivity contribution in [1.82, 2.24) is 9.80 Å². The van der Waals surface area contributed by atoms with Crippen molar-refractivity contribution in [2.75, 3.05) is 42.8 Å². The van der Waals surface area contributed by atoms with Gasteiger partial charge in [-0.05, 0) is 43.5 Å². The molecule has 0 atom stereocenters. The molecular formula is C18H23N3O4S. The number of benzene rings is 1. The first-order valence-electron chi connectivity index (χ1n) is 9.14. The Morgan fingerprint density at radius 2 is 1.50 bits per heavy atom. The summed E-state index contributed by atoms with van der Waals surface area (Å²) in [6.07, 6.45) is 2.63. The minimum absolute atomic E-state index is 0.0700. The summed E-state index contributed by atoms with van der Waals surface area (Å²) in [5.74, 6) is 0.552. The fourth-order valence-corrected chi connectivity index (χ4v) is 5.17. The molecule has 4 rings (SSSR count). The lowest BCUT2D eigenvalue weighted by molar-refractivity contribution is -0.134. The number of amides is 2. The lowest BCUT2D eigenvalue weighted by Gasteiger charge is -2.35. The third-order valence-corrected chi connectivity index (χ3v) is 7.18. The van der Waals surface area contributed by atoms with E-state index in [9.17, 15) is 18.0 Å². The Hall–Kier alpha value is -2.09. The van der Waals surface area contributed by atoms with Gasteiger partial charge >= 0.3 is 0 Å². The second-order valence-corrected chi connectivity index (χ2v) is 9.19. The molecule has 0 aromatic heterocycles. The van der Waals surface area contributed by atoms with Crippen molar-refractivity contribution in [3.8, 4) is 0 Å². The zero-order valence-corrected chi connectivity index (χ0v) is 15.5. The van der Waals surface area contributed by atoms with Gasteiger partial charge in [-0.3, -0.25) is 13.9 Å². The molecule has 1 saturated carbocycles. The molecule has 0 unspecified atom stereocenters. The second-order valence-electron chi connectivity index (χ2n) is 7.18. The highest BCUT2D eigenvalue weighted by molar-refractivity contribution is 7.93. The first kappa shape index (κ1) is 17.3. The monoisotopic (exact) mass is 377 g/mol. The molecule has 1 aliphatic carbocycles. The number of hydrogen-bond donors (Lipinski definition) is 0. The maximum atomic E-state index is 12.7. The van der Waals surface area contributed by atoms with Gasteiger partial charge in [-0.2, -0.15) is 0 Å². The minimum Gasteiger partial charge on any atom is -0.339 e. The highest BCUT2D eigenvalue weighted by Crippen LogP contribution is 2.31. The first-order chi connectivity index (χ1) is 12.5. The van der Waals surface area contributed by atoms with E-state index >= 15 is 0 Å². The Bertz CT molecular complexity index is 809. The molecule has 3 aliphatic rings. The SMILES string of the molecule is O=C(c1ccc(N2CCCS2(=O)=O)cc1)N1CCN(C(=O)C2CC2)CC1. The van der Waals surface area contributed by atoms with Gasteiger partial charge in [0, 0.05) is 44.2 Å². The van der Waals surface area contributed by atoms with Crippen molar-refractivity contribution < 1.29 is 18.0 Å². The maximum Gasteiger partial charge on any atom is 0.253 e. The Balaban J connectivity index is 1.38. The molecule has 0 spiro atoms. The van der Waals surface area contributed by atoms with E-state index in [2.05, 4.69) is 0 Å². The van der Waals surface area contributed by atoms with Crippen LogP contribution in [0.1, 0.15) is 29.6 Å². The molecule has 3 fully saturated rings. The Morgan fingerprint density at radius 3 is 2.04 bits per heavy atom. The summed E-state index contributed by atoms with van der Waals surface area (Å²) in [6, 6.07) is 6.77. The minimum atomic E-state index is -3.21. The van der Waals surface area contributed by atoms with Crippen molar-refractivity contribution in [3.63, 3.8) is 0 Å². The van der Waals surface area contributed by atoms with Crippen LogP contribution in [-0.2, 0) is 14.8 Å². The van der Waals surface area contributed by atoms with Crippen molar-refractivity contribution in [2.45, 2.75) is 19.3 Å². The van der Waals surface area contributed by atoms with E-state index in [1.54, 1.807) is 29.2 Å². The lowest BCUT2D eigenvalue weighted by atomic mass is 10.1. The van der Waals surface area contributed by atoms with Crippen molar-refractivity contribution in [3.05, 3.63) is 29.8 Å². The van der Waals surface area contributed by atoms with Crippen LogP contribution in [0.25, 0.3) is 0 Å². The van der Waals surface area contributed by atoms with Crippen molar-refractivity contribution in [2.24, 2.45) is 5.92 Å². The smallest absolute Gasteiger partial charge is 0.253 e. The van der Waals surface area contributed by atoms with Gasteiger partial charge in [0.25, 0.3) is 5.91 Å². The standard InChI is InChI=1S/C18H23N3O4S/c22-17(14-2-3-14)19-9-11-20(12-10-19)18(23)15-4-6-16(7-5-15)21-8-1-13-26(21,24)25/h4-7,14H,1-3,8-13H2. The van der Waals surface area contributed by atoms with Crippen LogP contribution in [0.2, 0.25) is 0 Å². The molecular weight excluding hydrogens is 354 g/mol. The van der Waals surface area contributed by atoms with Crippen molar-refractivity contribution >= 4 is 27.5 Å². The van der Waals surface area contributed by atoms with E-state index in [0.29, 0.717) is 50.4 Å². The van der Waals surface area contributed by atoms with E-state index in [0.717, 1.165) is 12.8 Å². The molecule has 7 nitrogen and oxygen atoms in total. The molecule has 8 heteroatoms. The quantitative estimate of drug-likeness (QED) is 0.785. The number of carbonyl (C=O) groups is 2. The van der Waals surface area contributed by atoms with Gasteiger partial charge < -0.3 is 9.80 Å². The fraction of sp³-hybridized carbons (Fsp3) is 0.556. The van der Waals surface area contributed by atoms with E-state index in [-0.39, 0.29) is 23.5 Å². The van der Waals surface area contributed by atoms with Crippen molar-refractivity contribution in [1.29, 1.82) is 0 Å². The van der Waals surface area contributed by atoms with E-state index in [1.807, 2.05) is 4.90 Å². The maximum absolute atomic E-state index is 12.7. The topological polar surface area (TPSA) is 78.0 Å². The predicted octanol–water partition coefficient (Wildman–Crippen LogP) is 0.921. The van der Waals surface area contributed by atoms with Crippen LogP contribution in [0.3, 0.4) is 0 Å². The highest BCUT2D eigenvalue weighted by Gasteiger charge is 2.35. The number of anilines is 1. The molecule has 0 radical (unpaired) electrons. The number of hydrogen-bond acceptors (Lipinski definition) is 4. The average molecular weight is 377 g/mol. The predicted molar refractivity (Wildman–Crippen MR) is 97.4 cm³/mol. The summed E-state index contributed by atoms with van der Waals surface area (Å²) in [5, 5.41) is 0. The van der Waals surface area contributed by atoms with Crippen LogP contribution < -0.4 is 4.31 Å². The van der Waals surface area contributed by atoms with Gasteiger partial charge in [0.2, 0.25) is 15.9 Å².